The Morgan fingerprint density at radius 2 is 1.40 bits per heavy atom. The Hall–Kier alpha value is -3.08. The Morgan fingerprint density at radius 3 is 2.00 bits per heavy atom. The van der Waals surface area contributed by atoms with Gasteiger partial charge in [0.15, 0.2) is 0 Å². The molecule has 128 valence electrons. The van der Waals surface area contributed by atoms with Gasteiger partial charge in [0, 0.05) is 11.1 Å². The van der Waals surface area contributed by atoms with E-state index in [1.807, 2.05) is 37.3 Å². The molecular formula is C20H18O5. The molecule has 0 heterocycles. The van der Waals surface area contributed by atoms with E-state index in [0.29, 0.717) is 5.75 Å². The molecule has 0 amide bonds. The number of fused-ring (bicyclic) bond motifs is 1. The molecule has 0 aromatic heterocycles. The number of carbonyl (C=O) groups excluding carboxylic acids is 2. The largest absolute Gasteiger partial charge is 0.489 e. The van der Waals surface area contributed by atoms with Crippen molar-refractivity contribution in [3.8, 4) is 5.75 Å². The summed E-state index contributed by atoms with van der Waals surface area (Å²) in [5.74, 6) is -0.435. The molecule has 0 saturated heterocycles. The highest BCUT2D eigenvalue weighted by atomic mass is 16.5. The maximum absolute atomic E-state index is 12.6. The molecule has 25 heavy (non-hydrogen) atoms. The molecule has 0 N–H and O–H groups in total. The van der Waals surface area contributed by atoms with Gasteiger partial charge in [0.2, 0.25) is 23.1 Å². The lowest BCUT2D eigenvalue weighted by Gasteiger charge is -2.20. The highest BCUT2D eigenvalue weighted by Crippen LogP contribution is 2.31. The van der Waals surface area contributed by atoms with Crippen molar-refractivity contribution in [2.45, 2.75) is 13.0 Å². The summed E-state index contributed by atoms with van der Waals surface area (Å²) in [7, 11) is 2.67. The lowest BCUT2D eigenvalue weighted by molar-refractivity contribution is 0.0828. The summed E-state index contributed by atoms with van der Waals surface area (Å²) in [6.07, 6.45) is -0.194. The van der Waals surface area contributed by atoms with Gasteiger partial charge in [-0.2, -0.15) is 0 Å². The van der Waals surface area contributed by atoms with Crippen molar-refractivity contribution in [2.75, 3.05) is 14.2 Å². The second-order valence-corrected chi connectivity index (χ2v) is 5.60. The number of allylic oxidation sites excluding steroid dienone is 2. The van der Waals surface area contributed by atoms with Crippen molar-refractivity contribution in [3.05, 3.63) is 76.7 Å². The number of Topliss-reactive ketones (excluding diaryl/α,β-unsaturated/α-hetero) is 2. The molecule has 1 unspecified atom stereocenters. The zero-order valence-corrected chi connectivity index (χ0v) is 14.2. The van der Waals surface area contributed by atoms with Gasteiger partial charge in [-0.15, -0.1) is 0 Å². The van der Waals surface area contributed by atoms with E-state index in [-0.39, 0.29) is 34.5 Å². The molecule has 0 spiro atoms. The van der Waals surface area contributed by atoms with Crippen LogP contribution in [-0.2, 0) is 9.47 Å². The van der Waals surface area contributed by atoms with Crippen molar-refractivity contribution in [1.82, 2.24) is 0 Å². The molecule has 0 aliphatic heterocycles. The van der Waals surface area contributed by atoms with Crippen LogP contribution < -0.4 is 4.74 Å². The molecule has 0 radical (unpaired) electrons. The van der Waals surface area contributed by atoms with Crippen LogP contribution in [-0.4, -0.2) is 25.8 Å². The topological polar surface area (TPSA) is 61.8 Å². The van der Waals surface area contributed by atoms with Crippen molar-refractivity contribution in [1.29, 1.82) is 0 Å². The molecule has 3 rings (SSSR count). The maximum atomic E-state index is 12.6. The highest BCUT2D eigenvalue weighted by molar-refractivity contribution is 6.25. The molecule has 5 heteroatoms. The van der Waals surface area contributed by atoms with Crippen LogP contribution in [0, 0.1) is 0 Å². The first kappa shape index (κ1) is 16.8. The van der Waals surface area contributed by atoms with Crippen LogP contribution in [0.25, 0.3) is 0 Å². The van der Waals surface area contributed by atoms with Crippen molar-refractivity contribution in [3.63, 3.8) is 0 Å². The Bertz CT molecular complexity index is 852. The quantitative estimate of drug-likeness (QED) is 0.832. The van der Waals surface area contributed by atoms with Crippen LogP contribution >= 0.6 is 0 Å². The minimum absolute atomic E-state index is 0.0775. The number of methoxy groups -OCH3 is 2. The lowest BCUT2D eigenvalue weighted by Crippen LogP contribution is -2.24. The third-order valence-corrected chi connectivity index (χ3v) is 4.09. The predicted octanol–water partition coefficient (Wildman–Crippen LogP) is 3.71. The van der Waals surface area contributed by atoms with Gasteiger partial charge in [0.1, 0.15) is 11.9 Å². The summed E-state index contributed by atoms with van der Waals surface area (Å²) in [4.78, 5) is 25.1. The molecule has 1 aliphatic carbocycles. The molecule has 5 nitrogen and oxygen atoms in total. The molecule has 0 saturated carbocycles. The van der Waals surface area contributed by atoms with E-state index in [9.17, 15) is 9.59 Å². The summed E-state index contributed by atoms with van der Waals surface area (Å²) in [5, 5.41) is 0. The van der Waals surface area contributed by atoms with Gasteiger partial charge in [-0.05, 0) is 30.7 Å². The van der Waals surface area contributed by atoms with Crippen LogP contribution in [0.3, 0.4) is 0 Å². The van der Waals surface area contributed by atoms with Gasteiger partial charge in [0.25, 0.3) is 0 Å². The van der Waals surface area contributed by atoms with E-state index in [2.05, 4.69) is 0 Å². The Balaban J connectivity index is 1.93. The molecule has 0 fully saturated rings. The van der Waals surface area contributed by atoms with Gasteiger partial charge >= 0.3 is 0 Å². The van der Waals surface area contributed by atoms with Crippen molar-refractivity contribution >= 4 is 11.6 Å². The van der Waals surface area contributed by atoms with Crippen LogP contribution in [0.5, 0.6) is 5.75 Å². The first-order chi connectivity index (χ1) is 12.1. The van der Waals surface area contributed by atoms with Gasteiger partial charge < -0.3 is 14.2 Å². The summed E-state index contributed by atoms with van der Waals surface area (Å²) < 4.78 is 16.0. The fraction of sp³-hybridized carbons (Fsp3) is 0.200. The SMILES string of the molecule is COC1=C(OC)C(=O)c2cc(OC(C)c3ccccc3)ccc2C1=O. The van der Waals surface area contributed by atoms with Crippen LogP contribution in [0.2, 0.25) is 0 Å². The van der Waals surface area contributed by atoms with Gasteiger partial charge in [-0.1, -0.05) is 30.3 Å². The number of ether oxygens (including phenoxy) is 3. The van der Waals surface area contributed by atoms with Crippen LogP contribution in [0.4, 0.5) is 0 Å². The Morgan fingerprint density at radius 1 is 0.800 bits per heavy atom. The Kier molecular flexibility index (Phi) is 4.57. The molecule has 2 aromatic rings. The van der Waals surface area contributed by atoms with Crippen LogP contribution in [0.1, 0.15) is 39.3 Å². The molecule has 0 bridgehead atoms. The minimum atomic E-state index is -0.397. The fourth-order valence-electron chi connectivity index (χ4n) is 2.80. The monoisotopic (exact) mass is 338 g/mol. The van der Waals surface area contributed by atoms with Crippen molar-refractivity contribution < 1.29 is 23.8 Å². The number of hydrogen-bond acceptors (Lipinski definition) is 5. The fourth-order valence-corrected chi connectivity index (χ4v) is 2.80. The summed E-state index contributed by atoms with van der Waals surface area (Å²) in [6.45, 7) is 1.92. The summed E-state index contributed by atoms with van der Waals surface area (Å²) in [6, 6.07) is 14.6. The zero-order valence-electron chi connectivity index (χ0n) is 14.2. The van der Waals surface area contributed by atoms with E-state index < -0.39 is 5.78 Å². The van der Waals surface area contributed by atoms with Gasteiger partial charge in [-0.25, -0.2) is 0 Å². The first-order valence-electron chi connectivity index (χ1n) is 7.84. The van der Waals surface area contributed by atoms with E-state index in [1.165, 1.54) is 14.2 Å². The summed E-state index contributed by atoms with van der Waals surface area (Å²) >= 11 is 0. The number of ketones is 2. The lowest BCUT2D eigenvalue weighted by atomic mass is 9.92. The third-order valence-electron chi connectivity index (χ3n) is 4.09. The Labute approximate surface area is 145 Å². The second-order valence-electron chi connectivity index (χ2n) is 5.60. The molecule has 1 aliphatic rings. The standard InChI is InChI=1S/C20H18O5/c1-12(13-7-5-4-6-8-13)25-14-9-10-15-16(11-14)18(22)20(24-3)19(23-2)17(15)21/h4-12H,1-3H3. The number of rotatable bonds is 5. The average Bonchev–Trinajstić information content (AvgIpc) is 2.65. The molecule has 2 aromatic carbocycles. The second kappa shape index (κ2) is 6.81. The predicted molar refractivity (Wildman–Crippen MR) is 91.6 cm³/mol. The van der Waals surface area contributed by atoms with E-state index in [1.54, 1.807) is 18.2 Å². The highest BCUT2D eigenvalue weighted by Gasteiger charge is 2.34. The first-order valence-corrected chi connectivity index (χ1v) is 7.84. The molecule has 1 atom stereocenters. The number of benzene rings is 2. The smallest absolute Gasteiger partial charge is 0.232 e. The minimum Gasteiger partial charge on any atom is -0.489 e. The normalized spacial score (nSPS) is 14.8. The van der Waals surface area contributed by atoms with Gasteiger partial charge in [0.05, 0.1) is 14.2 Å². The maximum Gasteiger partial charge on any atom is 0.232 e. The number of hydrogen-bond donors (Lipinski definition) is 0. The van der Waals surface area contributed by atoms with E-state index in [4.69, 9.17) is 14.2 Å². The number of carbonyl (C=O) groups is 2. The summed E-state index contributed by atoms with van der Waals surface area (Å²) in [5.41, 5.74) is 1.55. The average molecular weight is 338 g/mol. The zero-order chi connectivity index (χ0) is 18.0. The van der Waals surface area contributed by atoms with Crippen molar-refractivity contribution in [2.24, 2.45) is 0 Å². The third kappa shape index (κ3) is 3.01. The van der Waals surface area contributed by atoms with Crippen LogP contribution in [0.15, 0.2) is 60.0 Å². The van der Waals surface area contributed by atoms with E-state index in [0.717, 1.165) is 5.56 Å². The molecular weight excluding hydrogens is 320 g/mol. The van der Waals surface area contributed by atoms with Gasteiger partial charge in [-0.3, -0.25) is 9.59 Å². The van der Waals surface area contributed by atoms with E-state index >= 15 is 0 Å².